The number of carbonyl (C=O) groups excluding carboxylic acids is 1. The van der Waals surface area contributed by atoms with E-state index >= 15 is 0 Å². The van der Waals surface area contributed by atoms with Gasteiger partial charge in [-0.15, -0.1) is 0 Å². The van der Waals surface area contributed by atoms with E-state index in [9.17, 15) is 4.79 Å². The Kier molecular flexibility index (Phi) is 7.04. The number of hydrogen-bond acceptors (Lipinski definition) is 5. The third-order valence-corrected chi connectivity index (χ3v) is 7.09. The van der Waals surface area contributed by atoms with Crippen molar-refractivity contribution in [2.45, 2.75) is 58.1 Å². The summed E-state index contributed by atoms with van der Waals surface area (Å²) in [6, 6.07) is 14.3. The van der Waals surface area contributed by atoms with Gasteiger partial charge in [0, 0.05) is 12.1 Å². The van der Waals surface area contributed by atoms with E-state index in [1.165, 1.54) is 11.1 Å². The molecular weight excluding hydrogens is 402 g/mol. The first-order valence-electron chi connectivity index (χ1n) is 11.9. The van der Waals surface area contributed by atoms with Crippen LogP contribution < -0.4 is 9.47 Å². The van der Waals surface area contributed by atoms with Crippen molar-refractivity contribution in [3.05, 3.63) is 59.2 Å². The van der Waals surface area contributed by atoms with E-state index in [1.54, 1.807) is 0 Å². The Balaban J connectivity index is 1.50. The average Bonchev–Trinajstić information content (AvgIpc) is 2.82. The van der Waals surface area contributed by atoms with Crippen LogP contribution in [0.25, 0.3) is 0 Å². The van der Waals surface area contributed by atoms with Gasteiger partial charge in [-0.3, -0.25) is 9.69 Å². The van der Waals surface area contributed by atoms with Crippen LogP contribution in [0.1, 0.15) is 56.2 Å². The Morgan fingerprint density at radius 3 is 2.34 bits per heavy atom. The van der Waals surface area contributed by atoms with Gasteiger partial charge in [0.05, 0.1) is 19.1 Å². The number of esters is 1. The molecule has 1 aliphatic carbocycles. The highest BCUT2D eigenvalue weighted by Crippen LogP contribution is 2.49. The maximum atomic E-state index is 12.8. The minimum Gasteiger partial charge on any atom is -0.490 e. The second-order valence-electron chi connectivity index (χ2n) is 8.89. The molecule has 0 unspecified atom stereocenters. The Labute approximate surface area is 191 Å². The zero-order chi connectivity index (χ0) is 22.6. The maximum Gasteiger partial charge on any atom is 0.309 e. The van der Waals surface area contributed by atoms with Crippen LogP contribution in [-0.4, -0.2) is 37.7 Å². The molecule has 32 heavy (non-hydrogen) atoms. The number of hydrogen-bond donors (Lipinski definition) is 0. The molecular formula is C27H35NO4. The van der Waals surface area contributed by atoms with E-state index < -0.39 is 0 Å². The van der Waals surface area contributed by atoms with Crippen molar-refractivity contribution in [3.8, 4) is 11.5 Å². The van der Waals surface area contributed by atoms with Crippen LogP contribution in [0.4, 0.5) is 0 Å². The lowest BCUT2D eigenvalue weighted by molar-refractivity contribution is -0.152. The van der Waals surface area contributed by atoms with Gasteiger partial charge in [-0.2, -0.15) is 0 Å². The fraction of sp³-hybridized carbons (Fsp3) is 0.519. The summed E-state index contributed by atoms with van der Waals surface area (Å²) in [7, 11) is 2.22. The van der Waals surface area contributed by atoms with Crippen molar-refractivity contribution < 1.29 is 19.0 Å². The normalized spacial score (nSPS) is 22.9. The molecule has 0 saturated heterocycles. The lowest BCUT2D eigenvalue weighted by atomic mass is 9.68. The summed E-state index contributed by atoms with van der Waals surface area (Å²) >= 11 is 0. The fourth-order valence-corrected chi connectivity index (χ4v) is 5.32. The summed E-state index contributed by atoms with van der Waals surface area (Å²) < 4.78 is 17.5. The molecule has 2 aliphatic rings. The van der Waals surface area contributed by atoms with E-state index in [1.807, 2.05) is 44.2 Å². The van der Waals surface area contributed by atoms with E-state index in [0.717, 1.165) is 55.7 Å². The minimum atomic E-state index is -0.0657. The van der Waals surface area contributed by atoms with E-state index in [0.29, 0.717) is 19.8 Å². The molecule has 1 fully saturated rings. The number of nitrogens with zero attached hydrogens (tertiary/aromatic N) is 1. The molecule has 4 rings (SSSR count). The first kappa shape index (κ1) is 22.7. The second-order valence-corrected chi connectivity index (χ2v) is 8.89. The lowest BCUT2D eigenvalue weighted by Gasteiger charge is -2.50. The van der Waals surface area contributed by atoms with Gasteiger partial charge in [0.2, 0.25) is 0 Å². The van der Waals surface area contributed by atoms with Crippen LogP contribution in [0.2, 0.25) is 0 Å². The Bertz CT molecular complexity index is 919. The number of carbonyl (C=O) groups is 1. The minimum absolute atomic E-state index is 0.0304. The van der Waals surface area contributed by atoms with Gasteiger partial charge in [-0.05, 0) is 81.8 Å². The maximum absolute atomic E-state index is 12.8. The molecule has 0 radical (unpaired) electrons. The molecule has 1 heterocycles. The van der Waals surface area contributed by atoms with Crippen molar-refractivity contribution in [3.63, 3.8) is 0 Å². The molecule has 0 aromatic heterocycles. The van der Waals surface area contributed by atoms with Gasteiger partial charge >= 0.3 is 5.97 Å². The summed E-state index contributed by atoms with van der Waals surface area (Å²) in [4.78, 5) is 15.2. The predicted molar refractivity (Wildman–Crippen MR) is 125 cm³/mol. The first-order chi connectivity index (χ1) is 15.6. The summed E-state index contributed by atoms with van der Waals surface area (Å²) in [5.74, 6) is 1.57. The quantitative estimate of drug-likeness (QED) is 0.564. The summed E-state index contributed by atoms with van der Waals surface area (Å²) in [6.45, 7) is 6.59. The van der Waals surface area contributed by atoms with E-state index in [-0.39, 0.29) is 17.4 Å². The number of benzene rings is 2. The van der Waals surface area contributed by atoms with Crippen molar-refractivity contribution in [1.82, 2.24) is 4.90 Å². The third-order valence-electron chi connectivity index (χ3n) is 7.09. The lowest BCUT2D eigenvalue weighted by Crippen LogP contribution is -2.51. The summed E-state index contributed by atoms with van der Waals surface area (Å²) in [6.07, 6.45) is 4.58. The predicted octanol–water partition coefficient (Wildman–Crippen LogP) is 5.10. The van der Waals surface area contributed by atoms with Crippen LogP contribution in [0.15, 0.2) is 42.5 Å². The fourth-order valence-electron chi connectivity index (χ4n) is 5.32. The molecule has 5 nitrogen and oxygen atoms in total. The van der Waals surface area contributed by atoms with Gasteiger partial charge in [-0.25, -0.2) is 0 Å². The molecule has 1 spiro atoms. The van der Waals surface area contributed by atoms with Crippen molar-refractivity contribution in [2.75, 3.05) is 26.8 Å². The number of rotatable bonds is 7. The number of ether oxygens (including phenoxy) is 3. The largest absolute Gasteiger partial charge is 0.490 e. The molecule has 0 bridgehead atoms. The SMILES string of the molecule is CCOc1cc2c(cc1OCC)[C@]1(CC[C@@H](C(=O)OCc3ccccc3)CC1)N(C)CC2. The standard InChI is InChI=1S/C27H35NO4/c1-4-30-24-17-22-13-16-28(3)27(23(22)18-25(24)31-5-2)14-11-21(12-15-27)26(29)32-19-20-9-7-6-8-10-20/h6-10,17-18,21H,4-5,11-16,19H2,1-3H3/t21-,27-. The van der Waals surface area contributed by atoms with Gasteiger partial charge in [-0.1, -0.05) is 30.3 Å². The van der Waals surface area contributed by atoms with Crippen LogP contribution in [0.3, 0.4) is 0 Å². The Morgan fingerprint density at radius 2 is 1.69 bits per heavy atom. The molecule has 5 heteroatoms. The molecule has 1 saturated carbocycles. The highest BCUT2D eigenvalue weighted by atomic mass is 16.5. The van der Waals surface area contributed by atoms with Crippen molar-refractivity contribution in [1.29, 1.82) is 0 Å². The first-order valence-corrected chi connectivity index (χ1v) is 11.9. The zero-order valence-electron chi connectivity index (χ0n) is 19.6. The molecule has 0 amide bonds. The van der Waals surface area contributed by atoms with Gasteiger partial charge in [0.25, 0.3) is 0 Å². The molecule has 1 aliphatic heterocycles. The molecule has 0 atom stereocenters. The Hall–Kier alpha value is -2.53. The number of likely N-dealkylation sites (N-methyl/N-ethyl adjacent to an activating group) is 1. The molecule has 172 valence electrons. The molecule has 0 N–H and O–H groups in total. The van der Waals surface area contributed by atoms with Crippen LogP contribution in [-0.2, 0) is 28.1 Å². The molecule has 2 aromatic rings. The van der Waals surface area contributed by atoms with Crippen molar-refractivity contribution in [2.24, 2.45) is 5.92 Å². The highest BCUT2D eigenvalue weighted by Gasteiger charge is 2.45. The topological polar surface area (TPSA) is 48.0 Å². The van der Waals surface area contributed by atoms with Crippen LogP contribution in [0, 0.1) is 5.92 Å². The third kappa shape index (κ3) is 4.49. The van der Waals surface area contributed by atoms with Gasteiger partial charge in [0.1, 0.15) is 6.61 Å². The average molecular weight is 438 g/mol. The van der Waals surface area contributed by atoms with Crippen LogP contribution in [0.5, 0.6) is 11.5 Å². The van der Waals surface area contributed by atoms with Gasteiger partial charge < -0.3 is 14.2 Å². The second kappa shape index (κ2) is 9.95. The van der Waals surface area contributed by atoms with E-state index in [2.05, 4.69) is 24.1 Å². The van der Waals surface area contributed by atoms with E-state index in [4.69, 9.17) is 14.2 Å². The number of fused-ring (bicyclic) bond motifs is 2. The van der Waals surface area contributed by atoms with Gasteiger partial charge in [0.15, 0.2) is 11.5 Å². The van der Waals surface area contributed by atoms with Crippen molar-refractivity contribution >= 4 is 5.97 Å². The summed E-state index contributed by atoms with van der Waals surface area (Å²) in [5, 5.41) is 0. The smallest absolute Gasteiger partial charge is 0.309 e. The van der Waals surface area contributed by atoms with Crippen LogP contribution >= 0.6 is 0 Å². The highest BCUT2D eigenvalue weighted by molar-refractivity contribution is 5.72. The Morgan fingerprint density at radius 1 is 1.03 bits per heavy atom. The molecule has 2 aromatic carbocycles. The monoisotopic (exact) mass is 437 g/mol. The zero-order valence-corrected chi connectivity index (χ0v) is 19.6. The summed E-state index contributed by atoms with van der Waals surface area (Å²) in [5.41, 5.74) is 3.66.